The van der Waals surface area contributed by atoms with E-state index in [1.54, 1.807) is 6.07 Å². The molecule has 0 fully saturated rings. The highest BCUT2D eigenvalue weighted by Crippen LogP contribution is 2.26. The maximum Gasteiger partial charge on any atom is 0.322 e. The van der Waals surface area contributed by atoms with Crippen molar-refractivity contribution in [2.75, 3.05) is 13.7 Å². The van der Waals surface area contributed by atoms with Crippen LogP contribution in [0.4, 0.5) is 0 Å². The number of aliphatic hydroxyl groups is 1. The van der Waals surface area contributed by atoms with E-state index in [4.69, 9.17) is 0 Å². The van der Waals surface area contributed by atoms with Gasteiger partial charge in [-0.1, -0.05) is 6.08 Å². The Kier molecular flexibility index (Phi) is 4.13. The minimum absolute atomic E-state index is 0.222. The summed E-state index contributed by atoms with van der Waals surface area (Å²) in [7, 11) is 1.26. The summed E-state index contributed by atoms with van der Waals surface area (Å²) in [6.07, 6.45) is 4.78. The van der Waals surface area contributed by atoms with Crippen molar-refractivity contribution in [3.05, 3.63) is 36.9 Å². The van der Waals surface area contributed by atoms with Crippen LogP contribution in [0.25, 0.3) is 0 Å². The molecule has 0 bridgehead atoms. The second-order valence-corrected chi connectivity index (χ2v) is 3.30. The van der Waals surface area contributed by atoms with E-state index in [1.807, 2.05) is 0 Å². The average Bonchev–Trinajstić information content (AvgIpc) is 2.36. The molecule has 0 aliphatic rings. The molecule has 16 heavy (non-hydrogen) atoms. The van der Waals surface area contributed by atoms with Crippen LogP contribution in [-0.2, 0) is 14.9 Å². The number of carbonyl (C=O) groups excluding carboxylic acids is 1. The number of rotatable bonds is 5. The number of aliphatic hydroxyl groups excluding tert-OH is 1. The Balaban J connectivity index is 3.22. The van der Waals surface area contributed by atoms with E-state index < -0.39 is 18.0 Å². The van der Waals surface area contributed by atoms with Gasteiger partial charge in [0.1, 0.15) is 5.82 Å². The van der Waals surface area contributed by atoms with Crippen LogP contribution in [-0.4, -0.2) is 34.8 Å². The lowest BCUT2D eigenvalue weighted by Crippen LogP contribution is -2.41. The predicted octanol–water partition coefficient (Wildman–Crippen LogP) is 0.456. The molecular formula is C11H14N2O3. The Labute approximate surface area is 93.8 Å². The number of hydrogen-bond donors (Lipinski definition) is 1. The zero-order valence-corrected chi connectivity index (χ0v) is 9.09. The molecule has 0 amide bonds. The van der Waals surface area contributed by atoms with Crippen LogP contribution in [0.2, 0.25) is 0 Å². The van der Waals surface area contributed by atoms with Crippen molar-refractivity contribution in [2.45, 2.75) is 11.8 Å². The first-order valence-electron chi connectivity index (χ1n) is 4.79. The standard InChI is InChI=1S/C11H14N2O3/c1-3-5-11(8-14,10(15)16-2)9-12-6-4-7-13-9/h3-4,6-7,14H,1,5,8H2,2H3. The third kappa shape index (κ3) is 2.09. The largest absolute Gasteiger partial charge is 0.468 e. The molecule has 0 spiro atoms. The first-order chi connectivity index (χ1) is 7.71. The van der Waals surface area contributed by atoms with Crippen LogP contribution in [0.5, 0.6) is 0 Å². The zero-order valence-electron chi connectivity index (χ0n) is 9.09. The van der Waals surface area contributed by atoms with Crippen LogP contribution in [0.3, 0.4) is 0 Å². The van der Waals surface area contributed by atoms with Gasteiger partial charge in [-0.25, -0.2) is 9.97 Å². The van der Waals surface area contributed by atoms with E-state index >= 15 is 0 Å². The molecule has 0 aliphatic carbocycles. The van der Waals surface area contributed by atoms with Gasteiger partial charge in [-0.2, -0.15) is 0 Å². The molecule has 86 valence electrons. The van der Waals surface area contributed by atoms with E-state index in [0.29, 0.717) is 0 Å². The molecule has 0 radical (unpaired) electrons. The summed E-state index contributed by atoms with van der Waals surface area (Å²) in [5.74, 6) is -0.328. The molecule has 0 aliphatic heterocycles. The Morgan fingerprint density at radius 2 is 2.25 bits per heavy atom. The van der Waals surface area contributed by atoms with Crippen molar-refractivity contribution < 1.29 is 14.6 Å². The van der Waals surface area contributed by atoms with Crippen LogP contribution >= 0.6 is 0 Å². The van der Waals surface area contributed by atoms with Gasteiger partial charge in [0.25, 0.3) is 0 Å². The van der Waals surface area contributed by atoms with Crippen LogP contribution in [0.1, 0.15) is 12.2 Å². The molecule has 1 rings (SSSR count). The Hall–Kier alpha value is -1.75. The number of ether oxygens (including phenoxy) is 1. The second-order valence-electron chi connectivity index (χ2n) is 3.30. The van der Waals surface area contributed by atoms with Gasteiger partial charge in [0.15, 0.2) is 5.41 Å². The van der Waals surface area contributed by atoms with Crippen molar-refractivity contribution in [3.8, 4) is 0 Å². The SMILES string of the molecule is C=CCC(CO)(C(=O)OC)c1ncccn1. The summed E-state index contributed by atoms with van der Waals surface area (Å²) in [6.45, 7) is 3.14. The molecule has 1 atom stereocenters. The van der Waals surface area contributed by atoms with Gasteiger partial charge in [0, 0.05) is 12.4 Å². The minimum Gasteiger partial charge on any atom is -0.468 e. The van der Waals surface area contributed by atoms with Gasteiger partial charge in [0.05, 0.1) is 13.7 Å². The topological polar surface area (TPSA) is 72.3 Å². The molecule has 5 nitrogen and oxygen atoms in total. The smallest absolute Gasteiger partial charge is 0.322 e. The van der Waals surface area contributed by atoms with Gasteiger partial charge < -0.3 is 9.84 Å². The highest BCUT2D eigenvalue weighted by molar-refractivity contribution is 5.82. The van der Waals surface area contributed by atoms with Crippen molar-refractivity contribution in [3.63, 3.8) is 0 Å². The molecule has 1 unspecified atom stereocenters. The minimum atomic E-state index is -1.25. The molecule has 1 N–H and O–H groups in total. The van der Waals surface area contributed by atoms with Gasteiger partial charge in [0.2, 0.25) is 0 Å². The quantitative estimate of drug-likeness (QED) is 0.578. The number of esters is 1. The molecular weight excluding hydrogens is 208 g/mol. The Morgan fingerprint density at radius 3 is 2.69 bits per heavy atom. The Bertz CT molecular complexity index is 367. The molecule has 0 aromatic carbocycles. The number of aromatic nitrogens is 2. The summed E-state index contributed by atoms with van der Waals surface area (Å²) in [5.41, 5.74) is -1.25. The normalized spacial score (nSPS) is 13.9. The van der Waals surface area contributed by atoms with Crippen LogP contribution in [0, 0.1) is 0 Å². The van der Waals surface area contributed by atoms with Crippen molar-refractivity contribution >= 4 is 5.97 Å². The Morgan fingerprint density at radius 1 is 1.62 bits per heavy atom. The highest BCUT2D eigenvalue weighted by Gasteiger charge is 2.42. The third-order valence-electron chi connectivity index (χ3n) is 2.33. The fourth-order valence-electron chi connectivity index (χ4n) is 1.45. The van der Waals surface area contributed by atoms with Crippen LogP contribution in [0.15, 0.2) is 31.1 Å². The first kappa shape index (κ1) is 12.3. The lowest BCUT2D eigenvalue weighted by Gasteiger charge is -2.25. The molecule has 1 heterocycles. The van der Waals surface area contributed by atoms with Gasteiger partial charge in [-0.3, -0.25) is 4.79 Å². The summed E-state index contributed by atoms with van der Waals surface area (Å²) in [6, 6.07) is 1.64. The monoisotopic (exact) mass is 222 g/mol. The van der Waals surface area contributed by atoms with Gasteiger partial charge >= 0.3 is 5.97 Å². The number of methoxy groups -OCH3 is 1. The number of allylic oxidation sites excluding steroid dienone is 1. The van der Waals surface area contributed by atoms with E-state index in [2.05, 4.69) is 21.3 Å². The van der Waals surface area contributed by atoms with Crippen molar-refractivity contribution in [1.29, 1.82) is 0 Å². The zero-order chi connectivity index (χ0) is 12.0. The molecule has 1 aromatic heterocycles. The molecule has 0 saturated carbocycles. The maximum atomic E-state index is 11.7. The van der Waals surface area contributed by atoms with Gasteiger partial charge in [-0.15, -0.1) is 6.58 Å². The predicted molar refractivity (Wildman–Crippen MR) is 57.6 cm³/mol. The number of nitrogens with zero attached hydrogens (tertiary/aromatic N) is 2. The highest BCUT2D eigenvalue weighted by atomic mass is 16.5. The average molecular weight is 222 g/mol. The maximum absolute atomic E-state index is 11.7. The van der Waals surface area contributed by atoms with Crippen LogP contribution < -0.4 is 0 Å². The van der Waals surface area contributed by atoms with E-state index in [-0.39, 0.29) is 12.2 Å². The first-order valence-corrected chi connectivity index (χ1v) is 4.79. The second kappa shape index (κ2) is 5.37. The fraction of sp³-hybridized carbons (Fsp3) is 0.364. The molecule has 5 heteroatoms. The lowest BCUT2D eigenvalue weighted by atomic mass is 9.84. The fourth-order valence-corrected chi connectivity index (χ4v) is 1.45. The van der Waals surface area contributed by atoms with E-state index in [9.17, 15) is 9.90 Å². The summed E-state index contributed by atoms with van der Waals surface area (Å²) < 4.78 is 4.69. The third-order valence-corrected chi connectivity index (χ3v) is 2.33. The molecule has 0 saturated heterocycles. The van der Waals surface area contributed by atoms with E-state index in [0.717, 1.165) is 0 Å². The van der Waals surface area contributed by atoms with Crippen molar-refractivity contribution in [2.24, 2.45) is 0 Å². The number of hydrogen-bond acceptors (Lipinski definition) is 5. The van der Waals surface area contributed by atoms with Gasteiger partial charge in [-0.05, 0) is 12.5 Å². The summed E-state index contributed by atoms with van der Waals surface area (Å²) in [5, 5.41) is 9.43. The number of carbonyl (C=O) groups is 1. The summed E-state index contributed by atoms with van der Waals surface area (Å²) in [4.78, 5) is 19.7. The molecule has 1 aromatic rings. The van der Waals surface area contributed by atoms with E-state index in [1.165, 1.54) is 25.6 Å². The van der Waals surface area contributed by atoms with Crippen molar-refractivity contribution in [1.82, 2.24) is 9.97 Å². The summed E-state index contributed by atoms with van der Waals surface area (Å²) >= 11 is 0. The lowest BCUT2D eigenvalue weighted by molar-refractivity contribution is -0.149.